The van der Waals surface area contributed by atoms with E-state index in [1.807, 2.05) is 0 Å². The van der Waals surface area contributed by atoms with E-state index in [0.717, 1.165) is 0 Å². The molecule has 150 valence electrons. The summed E-state index contributed by atoms with van der Waals surface area (Å²) >= 11 is 0. The summed E-state index contributed by atoms with van der Waals surface area (Å²) in [5.74, 6) is -2.60. The number of pyridine rings is 1. The van der Waals surface area contributed by atoms with Crippen molar-refractivity contribution >= 4 is 23.2 Å². The van der Waals surface area contributed by atoms with E-state index in [2.05, 4.69) is 20.6 Å². The molecule has 0 aliphatic carbocycles. The molecule has 0 radical (unpaired) electrons. The van der Waals surface area contributed by atoms with Gasteiger partial charge in [0.15, 0.2) is 5.69 Å². The maximum atomic E-state index is 13.3. The standard InChI is InChI=1S/C19H15F3N4O3/c1-11(27)9-23-14-8-7-13(10-24-14)25-17(28)15-16(19(20,21)22)29-18(26-15)12-5-3-2-4-6-12/h2-8,10H,9H2,1H3,(H,23,24)(H,25,28). The minimum atomic E-state index is -4.90. The zero-order valence-electron chi connectivity index (χ0n) is 15.1. The second-order valence-electron chi connectivity index (χ2n) is 6.00. The highest BCUT2D eigenvalue weighted by Crippen LogP contribution is 2.35. The first kappa shape index (κ1) is 20.1. The van der Waals surface area contributed by atoms with E-state index in [0.29, 0.717) is 11.4 Å². The molecule has 3 aromatic rings. The molecule has 0 bridgehead atoms. The highest BCUT2D eigenvalue weighted by Gasteiger charge is 2.42. The van der Waals surface area contributed by atoms with Crippen molar-refractivity contribution in [2.24, 2.45) is 0 Å². The second-order valence-corrected chi connectivity index (χ2v) is 6.00. The van der Waals surface area contributed by atoms with Crippen LogP contribution in [0.1, 0.15) is 23.2 Å². The van der Waals surface area contributed by atoms with Crippen molar-refractivity contribution < 1.29 is 27.2 Å². The number of hydrogen-bond donors (Lipinski definition) is 2. The molecule has 0 fully saturated rings. The number of benzene rings is 1. The Morgan fingerprint density at radius 1 is 1.10 bits per heavy atom. The minimum absolute atomic E-state index is 0.0782. The van der Waals surface area contributed by atoms with Crippen molar-refractivity contribution in [1.29, 1.82) is 0 Å². The van der Waals surface area contributed by atoms with Gasteiger partial charge in [0.2, 0.25) is 11.7 Å². The topological polar surface area (TPSA) is 97.1 Å². The van der Waals surface area contributed by atoms with Gasteiger partial charge in [-0.2, -0.15) is 13.2 Å². The van der Waals surface area contributed by atoms with Crippen LogP contribution in [0.5, 0.6) is 0 Å². The highest BCUT2D eigenvalue weighted by atomic mass is 19.4. The normalized spacial score (nSPS) is 11.2. The number of carbonyl (C=O) groups excluding carboxylic acids is 2. The number of Topliss-reactive ketones (excluding diaryl/α,β-unsaturated/α-hetero) is 1. The second kappa shape index (κ2) is 8.13. The van der Waals surface area contributed by atoms with Gasteiger partial charge in [-0.15, -0.1) is 0 Å². The molecule has 7 nitrogen and oxygen atoms in total. The van der Waals surface area contributed by atoms with Gasteiger partial charge < -0.3 is 15.1 Å². The van der Waals surface area contributed by atoms with Gasteiger partial charge in [-0.3, -0.25) is 9.59 Å². The molecule has 0 saturated heterocycles. The van der Waals surface area contributed by atoms with Gasteiger partial charge in [0.1, 0.15) is 11.6 Å². The van der Waals surface area contributed by atoms with Crippen LogP contribution >= 0.6 is 0 Å². The van der Waals surface area contributed by atoms with Crippen LogP contribution in [0.2, 0.25) is 0 Å². The number of rotatable bonds is 6. The number of hydrogen-bond acceptors (Lipinski definition) is 6. The van der Waals surface area contributed by atoms with Crippen molar-refractivity contribution in [2.75, 3.05) is 17.2 Å². The molecule has 0 aliphatic heterocycles. The summed E-state index contributed by atoms with van der Waals surface area (Å²) in [5.41, 5.74) is -0.421. The SMILES string of the molecule is CC(=O)CNc1ccc(NC(=O)c2nc(-c3ccccc3)oc2C(F)(F)F)cn1. The van der Waals surface area contributed by atoms with Crippen LogP contribution in [0.15, 0.2) is 53.1 Å². The molecule has 1 aromatic carbocycles. The maximum absolute atomic E-state index is 13.3. The van der Waals surface area contributed by atoms with Crippen LogP contribution in [0.3, 0.4) is 0 Å². The number of amides is 1. The van der Waals surface area contributed by atoms with Gasteiger partial charge in [0.05, 0.1) is 18.4 Å². The van der Waals surface area contributed by atoms with E-state index in [1.54, 1.807) is 18.2 Å². The van der Waals surface area contributed by atoms with E-state index in [9.17, 15) is 22.8 Å². The zero-order valence-corrected chi connectivity index (χ0v) is 15.1. The Hall–Kier alpha value is -3.69. The zero-order chi connectivity index (χ0) is 21.0. The van der Waals surface area contributed by atoms with Gasteiger partial charge in [0.25, 0.3) is 5.91 Å². The summed E-state index contributed by atoms with van der Waals surface area (Å²) in [6, 6.07) is 10.8. The van der Waals surface area contributed by atoms with Crippen LogP contribution in [-0.2, 0) is 11.0 Å². The summed E-state index contributed by atoms with van der Waals surface area (Å²) in [6.45, 7) is 1.48. The number of ketones is 1. The van der Waals surface area contributed by atoms with E-state index in [4.69, 9.17) is 4.42 Å². The summed E-state index contributed by atoms with van der Waals surface area (Å²) in [4.78, 5) is 31.1. The highest BCUT2D eigenvalue weighted by molar-refractivity contribution is 6.04. The number of nitrogens with one attached hydrogen (secondary N) is 2. The number of oxazole rings is 1. The fourth-order valence-electron chi connectivity index (χ4n) is 2.35. The molecule has 3 rings (SSSR count). The molecule has 29 heavy (non-hydrogen) atoms. The van der Waals surface area contributed by atoms with Crippen LogP contribution in [0.25, 0.3) is 11.5 Å². The molecule has 1 amide bonds. The molecule has 0 aliphatic rings. The molecule has 2 heterocycles. The van der Waals surface area contributed by atoms with Crippen molar-refractivity contribution in [2.45, 2.75) is 13.1 Å². The first-order valence-electron chi connectivity index (χ1n) is 8.38. The number of halogens is 3. The Morgan fingerprint density at radius 3 is 2.41 bits per heavy atom. The van der Waals surface area contributed by atoms with Crippen LogP contribution < -0.4 is 10.6 Å². The third-order valence-corrected chi connectivity index (χ3v) is 3.66. The van der Waals surface area contributed by atoms with E-state index in [1.165, 1.54) is 37.4 Å². The third kappa shape index (κ3) is 4.98. The fourth-order valence-corrected chi connectivity index (χ4v) is 2.35. The maximum Gasteiger partial charge on any atom is 0.452 e. The molecular weight excluding hydrogens is 389 g/mol. The van der Waals surface area contributed by atoms with Gasteiger partial charge >= 0.3 is 6.18 Å². The monoisotopic (exact) mass is 404 g/mol. The average Bonchev–Trinajstić information content (AvgIpc) is 3.14. The Balaban J connectivity index is 1.83. The van der Waals surface area contributed by atoms with Gasteiger partial charge in [-0.05, 0) is 31.2 Å². The predicted octanol–water partition coefficient (Wildman–Crippen LogP) is 4.01. The number of aromatic nitrogens is 2. The average molecular weight is 404 g/mol. The lowest BCUT2D eigenvalue weighted by Crippen LogP contribution is -2.18. The van der Waals surface area contributed by atoms with Crippen molar-refractivity contribution in [3.8, 4) is 11.5 Å². The lowest BCUT2D eigenvalue weighted by Gasteiger charge is -2.07. The number of alkyl halides is 3. The summed E-state index contributed by atoms with van der Waals surface area (Å²) in [5, 5.41) is 5.07. The van der Waals surface area contributed by atoms with Gasteiger partial charge in [-0.1, -0.05) is 18.2 Å². The van der Waals surface area contributed by atoms with Crippen LogP contribution in [-0.4, -0.2) is 28.2 Å². The molecule has 0 spiro atoms. The number of nitrogens with zero attached hydrogens (tertiary/aromatic N) is 2. The quantitative estimate of drug-likeness (QED) is 0.644. The van der Waals surface area contributed by atoms with Crippen LogP contribution in [0.4, 0.5) is 24.7 Å². The van der Waals surface area contributed by atoms with Crippen LogP contribution in [0, 0.1) is 0 Å². The van der Waals surface area contributed by atoms with Gasteiger partial charge in [-0.25, -0.2) is 9.97 Å². The lowest BCUT2D eigenvalue weighted by atomic mass is 10.2. The summed E-state index contributed by atoms with van der Waals surface area (Å²) < 4.78 is 44.8. The fraction of sp³-hybridized carbons (Fsp3) is 0.158. The van der Waals surface area contributed by atoms with Crippen molar-refractivity contribution in [3.05, 3.63) is 60.1 Å². The molecule has 2 aromatic heterocycles. The Bertz CT molecular complexity index is 1020. The van der Waals surface area contributed by atoms with Crippen molar-refractivity contribution in [1.82, 2.24) is 9.97 Å². The minimum Gasteiger partial charge on any atom is -0.431 e. The molecule has 0 atom stereocenters. The number of carbonyl (C=O) groups is 2. The van der Waals surface area contributed by atoms with E-state index < -0.39 is 23.5 Å². The molecule has 2 N–H and O–H groups in total. The Kier molecular flexibility index (Phi) is 5.62. The molecule has 0 saturated carbocycles. The Morgan fingerprint density at radius 2 is 1.83 bits per heavy atom. The Labute approximate surface area is 163 Å². The molecule has 10 heteroatoms. The summed E-state index contributed by atoms with van der Waals surface area (Å²) in [6.07, 6.45) is -3.66. The lowest BCUT2D eigenvalue weighted by molar-refractivity contribution is -0.153. The first-order chi connectivity index (χ1) is 13.7. The number of anilines is 2. The van der Waals surface area contributed by atoms with Gasteiger partial charge in [0, 0.05) is 5.56 Å². The van der Waals surface area contributed by atoms with E-state index >= 15 is 0 Å². The van der Waals surface area contributed by atoms with E-state index in [-0.39, 0.29) is 23.9 Å². The third-order valence-electron chi connectivity index (χ3n) is 3.66. The predicted molar refractivity (Wildman–Crippen MR) is 98.3 cm³/mol. The summed E-state index contributed by atoms with van der Waals surface area (Å²) in [7, 11) is 0. The molecule has 0 unspecified atom stereocenters. The van der Waals surface area contributed by atoms with Crippen molar-refractivity contribution in [3.63, 3.8) is 0 Å². The smallest absolute Gasteiger partial charge is 0.431 e. The first-order valence-corrected chi connectivity index (χ1v) is 8.38. The molecular formula is C19H15F3N4O3. The largest absolute Gasteiger partial charge is 0.452 e.